The van der Waals surface area contributed by atoms with E-state index in [2.05, 4.69) is 23.3 Å². The summed E-state index contributed by atoms with van der Waals surface area (Å²) < 4.78 is 0. The van der Waals surface area contributed by atoms with Crippen molar-refractivity contribution in [2.45, 2.75) is 38.8 Å². The SMILES string of the molecule is CC(=O)N1c2ccccc2C(Nc2cccc(O)n2)[C@@H](C)C1C1CC1. The lowest BCUT2D eigenvalue weighted by Gasteiger charge is -2.45. The second kappa shape index (κ2) is 6.06. The van der Waals surface area contributed by atoms with Crippen molar-refractivity contribution in [2.75, 3.05) is 10.2 Å². The van der Waals surface area contributed by atoms with E-state index in [1.165, 1.54) is 12.8 Å². The van der Waals surface area contributed by atoms with Gasteiger partial charge in [-0.05, 0) is 36.5 Å². The second-order valence-electron chi connectivity index (χ2n) is 7.14. The standard InChI is InChI=1S/C20H23N3O2/c1-12-19(22-17-8-5-9-18(25)21-17)15-6-3-4-7-16(15)23(13(2)24)20(12)14-10-11-14/h3-9,12,14,19-20H,10-11H2,1-2H3,(H2,21,22,25)/t12-,19?,20?/m1/s1. The molecule has 25 heavy (non-hydrogen) atoms. The lowest BCUT2D eigenvalue weighted by molar-refractivity contribution is -0.117. The number of aromatic nitrogens is 1. The van der Waals surface area contributed by atoms with Gasteiger partial charge < -0.3 is 15.3 Å². The van der Waals surface area contributed by atoms with Crippen LogP contribution in [0.15, 0.2) is 42.5 Å². The van der Waals surface area contributed by atoms with Crippen molar-refractivity contribution in [2.24, 2.45) is 11.8 Å². The van der Waals surface area contributed by atoms with Crippen molar-refractivity contribution in [3.8, 4) is 5.88 Å². The number of anilines is 2. The number of rotatable bonds is 3. The first kappa shape index (κ1) is 15.9. The molecule has 0 saturated heterocycles. The van der Waals surface area contributed by atoms with E-state index in [-0.39, 0.29) is 29.8 Å². The van der Waals surface area contributed by atoms with Crippen molar-refractivity contribution in [1.82, 2.24) is 4.98 Å². The molecule has 2 heterocycles. The number of aromatic hydroxyl groups is 1. The highest BCUT2D eigenvalue weighted by molar-refractivity contribution is 5.94. The average Bonchev–Trinajstić information content (AvgIpc) is 3.41. The summed E-state index contributed by atoms with van der Waals surface area (Å²) in [5.41, 5.74) is 2.09. The van der Waals surface area contributed by atoms with Crippen LogP contribution in [0.3, 0.4) is 0 Å². The monoisotopic (exact) mass is 337 g/mol. The van der Waals surface area contributed by atoms with Crippen LogP contribution in [0.2, 0.25) is 0 Å². The molecular formula is C20H23N3O2. The summed E-state index contributed by atoms with van der Waals surface area (Å²) in [7, 11) is 0. The molecule has 2 aromatic rings. The fourth-order valence-electron chi connectivity index (χ4n) is 4.18. The van der Waals surface area contributed by atoms with Crippen molar-refractivity contribution < 1.29 is 9.90 Å². The van der Waals surface area contributed by atoms with E-state index in [1.54, 1.807) is 19.1 Å². The van der Waals surface area contributed by atoms with Gasteiger partial charge in [0.1, 0.15) is 5.82 Å². The maximum atomic E-state index is 12.4. The molecule has 0 radical (unpaired) electrons. The highest BCUT2D eigenvalue weighted by atomic mass is 16.3. The summed E-state index contributed by atoms with van der Waals surface area (Å²) in [6.45, 7) is 3.86. The number of benzene rings is 1. The summed E-state index contributed by atoms with van der Waals surface area (Å²) in [5, 5.41) is 13.2. The molecule has 0 bridgehead atoms. The predicted octanol–water partition coefficient (Wildman–Crippen LogP) is 3.72. The van der Waals surface area contributed by atoms with E-state index in [0.717, 1.165) is 11.3 Å². The largest absolute Gasteiger partial charge is 0.493 e. The van der Waals surface area contributed by atoms with Crippen molar-refractivity contribution >= 4 is 17.4 Å². The number of nitrogens with zero attached hydrogens (tertiary/aromatic N) is 2. The molecule has 5 nitrogen and oxygen atoms in total. The minimum atomic E-state index is 0.00542. The fourth-order valence-corrected chi connectivity index (χ4v) is 4.18. The molecule has 1 aromatic carbocycles. The number of hydrogen-bond donors (Lipinski definition) is 2. The first-order valence-electron chi connectivity index (χ1n) is 8.87. The van der Waals surface area contributed by atoms with Crippen LogP contribution in [0.1, 0.15) is 38.3 Å². The zero-order chi connectivity index (χ0) is 17.6. The number of pyridine rings is 1. The van der Waals surface area contributed by atoms with Gasteiger partial charge in [0.2, 0.25) is 11.8 Å². The highest BCUT2D eigenvalue weighted by Crippen LogP contribution is 2.49. The van der Waals surface area contributed by atoms with Crippen LogP contribution in [0.25, 0.3) is 0 Å². The Hall–Kier alpha value is -2.56. The Morgan fingerprint density at radius 2 is 1.96 bits per heavy atom. The smallest absolute Gasteiger partial charge is 0.224 e. The third-order valence-corrected chi connectivity index (χ3v) is 5.38. The summed E-state index contributed by atoms with van der Waals surface area (Å²) in [5.74, 6) is 1.57. The molecule has 1 aliphatic carbocycles. The van der Waals surface area contributed by atoms with E-state index < -0.39 is 0 Å². The lowest BCUT2D eigenvalue weighted by Crippen LogP contribution is -2.51. The van der Waals surface area contributed by atoms with Crippen molar-refractivity contribution in [1.29, 1.82) is 0 Å². The van der Waals surface area contributed by atoms with Gasteiger partial charge in [-0.2, -0.15) is 4.98 Å². The fraction of sp³-hybridized carbons (Fsp3) is 0.400. The normalized spacial score (nSPS) is 25.4. The Morgan fingerprint density at radius 1 is 1.20 bits per heavy atom. The zero-order valence-electron chi connectivity index (χ0n) is 14.5. The van der Waals surface area contributed by atoms with E-state index in [1.807, 2.05) is 29.2 Å². The Morgan fingerprint density at radius 3 is 2.64 bits per heavy atom. The molecule has 2 N–H and O–H groups in total. The van der Waals surface area contributed by atoms with Crippen LogP contribution < -0.4 is 10.2 Å². The Balaban J connectivity index is 1.77. The topological polar surface area (TPSA) is 65.5 Å². The molecule has 0 spiro atoms. The van der Waals surface area contributed by atoms with Gasteiger partial charge in [0.25, 0.3) is 0 Å². The third kappa shape index (κ3) is 2.84. The van der Waals surface area contributed by atoms with Gasteiger partial charge in [0.15, 0.2) is 0 Å². The van der Waals surface area contributed by atoms with Gasteiger partial charge in [0, 0.05) is 30.6 Å². The van der Waals surface area contributed by atoms with Gasteiger partial charge in [-0.1, -0.05) is 31.2 Å². The summed E-state index contributed by atoms with van der Waals surface area (Å²) in [6, 6.07) is 13.5. The molecule has 1 aromatic heterocycles. The lowest BCUT2D eigenvalue weighted by atomic mass is 9.80. The number of fused-ring (bicyclic) bond motifs is 1. The Bertz CT molecular complexity index is 803. The molecule has 1 saturated carbocycles. The van der Waals surface area contributed by atoms with E-state index in [0.29, 0.717) is 11.7 Å². The molecule has 2 unspecified atom stereocenters. The molecule has 4 rings (SSSR count). The van der Waals surface area contributed by atoms with Crippen LogP contribution in [-0.2, 0) is 4.79 Å². The number of carbonyl (C=O) groups is 1. The summed E-state index contributed by atoms with van der Waals surface area (Å²) >= 11 is 0. The minimum Gasteiger partial charge on any atom is -0.493 e. The Labute approximate surface area is 147 Å². The first-order valence-corrected chi connectivity index (χ1v) is 8.87. The number of nitrogens with one attached hydrogen (secondary N) is 1. The first-order chi connectivity index (χ1) is 12.1. The van der Waals surface area contributed by atoms with Crippen LogP contribution >= 0.6 is 0 Å². The molecule has 1 fully saturated rings. The van der Waals surface area contributed by atoms with Crippen LogP contribution in [0.5, 0.6) is 5.88 Å². The van der Waals surface area contributed by atoms with Crippen molar-refractivity contribution in [3.63, 3.8) is 0 Å². The summed E-state index contributed by atoms with van der Waals surface area (Å²) in [4.78, 5) is 18.6. The van der Waals surface area contributed by atoms with E-state index in [9.17, 15) is 9.90 Å². The average molecular weight is 337 g/mol. The molecule has 5 heteroatoms. The molecule has 3 atom stereocenters. The zero-order valence-corrected chi connectivity index (χ0v) is 14.5. The van der Waals surface area contributed by atoms with E-state index in [4.69, 9.17) is 0 Å². The third-order valence-electron chi connectivity index (χ3n) is 5.38. The van der Waals surface area contributed by atoms with Gasteiger partial charge in [0.05, 0.1) is 6.04 Å². The number of para-hydroxylation sites is 1. The summed E-state index contributed by atoms with van der Waals surface area (Å²) in [6.07, 6.45) is 2.36. The maximum absolute atomic E-state index is 12.4. The van der Waals surface area contributed by atoms with Crippen molar-refractivity contribution in [3.05, 3.63) is 48.0 Å². The van der Waals surface area contributed by atoms with E-state index >= 15 is 0 Å². The van der Waals surface area contributed by atoms with Crippen LogP contribution in [-0.4, -0.2) is 22.0 Å². The van der Waals surface area contributed by atoms with Gasteiger partial charge in [-0.15, -0.1) is 0 Å². The van der Waals surface area contributed by atoms with Gasteiger partial charge in [-0.3, -0.25) is 4.79 Å². The minimum absolute atomic E-state index is 0.00542. The number of hydrogen-bond acceptors (Lipinski definition) is 4. The predicted molar refractivity (Wildman–Crippen MR) is 97.5 cm³/mol. The quantitative estimate of drug-likeness (QED) is 0.896. The van der Waals surface area contributed by atoms with Gasteiger partial charge in [-0.25, -0.2) is 0 Å². The highest BCUT2D eigenvalue weighted by Gasteiger charge is 2.47. The molecule has 1 amide bonds. The molecule has 2 aliphatic rings. The Kier molecular flexibility index (Phi) is 3.86. The maximum Gasteiger partial charge on any atom is 0.224 e. The molecule has 1 aliphatic heterocycles. The molecule has 130 valence electrons. The number of carbonyl (C=O) groups excluding carboxylic acids is 1. The molecular weight excluding hydrogens is 314 g/mol. The second-order valence-corrected chi connectivity index (χ2v) is 7.14. The van der Waals surface area contributed by atoms with Crippen LogP contribution in [0, 0.1) is 11.8 Å². The number of amides is 1. The van der Waals surface area contributed by atoms with Crippen LogP contribution in [0.4, 0.5) is 11.5 Å². The van der Waals surface area contributed by atoms with Gasteiger partial charge >= 0.3 is 0 Å².